The zero-order valence-electron chi connectivity index (χ0n) is 9.56. The summed E-state index contributed by atoms with van der Waals surface area (Å²) in [7, 11) is 0. The van der Waals surface area contributed by atoms with Crippen LogP contribution in [0.2, 0.25) is 0 Å². The fourth-order valence-corrected chi connectivity index (χ4v) is 2.48. The molecule has 1 aliphatic heterocycles. The zero-order chi connectivity index (χ0) is 11.8. The number of ketones is 1. The van der Waals surface area contributed by atoms with Gasteiger partial charge in [-0.2, -0.15) is 0 Å². The van der Waals surface area contributed by atoms with E-state index in [1.807, 2.05) is 30.4 Å². The van der Waals surface area contributed by atoms with Crippen molar-refractivity contribution in [3.63, 3.8) is 0 Å². The second kappa shape index (κ2) is 4.00. The predicted octanol–water partition coefficient (Wildman–Crippen LogP) is 1.71. The standard InChI is InChI=1S/C14H15NO2/c15-12-3-1-11(8-12)14(16)10-2-4-13-9(7-10)5-6-17-13/h1-4,7,11-12H,5-6,8,15H2. The summed E-state index contributed by atoms with van der Waals surface area (Å²) in [5, 5.41) is 0. The van der Waals surface area contributed by atoms with Gasteiger partial charge in [-0.05, 0) is 30.2 Å². The van der Waals surface area contributed by atoms with Crippen LogP contribution in [0.15, 0.2) is 30.4 Å². The SMILES string of the molecule is NC1C=CC(C(=O)c2ccc3c(c2)CCO3)C1. The maximum atomic E-state index is 12.2. The van der Waals surface area contributed by atoms with Crippen LogP contribution in [0.25, 0.3) is 0 Å². The molecule has 88 valence electrons. The molecular formula is C14H15NO2. The van der Waals surface area contributed by atoms with Crippen LogP contribution in [-0.4, -0.2) is 18.4 Å². The van der Waals surface area contributed by atoms with Gasteiger partial charge in [0, 0.05) is 23.9 Å². The zero-order valence-corrected chi connectivity index (χ0v) is 9.56. The molecule has 0 spiro atoms. The van der Waals surface area contributed by atoms with E-state index < -0.39 is 0 Å². The molecule has 0 saturated carbocycles. The number of nitrogens with two attached hydrogens (primary N) is 1. The van der Waals surface area contributed by atoms with Crippen LogP contribution >= 0.6 is 0 Å². The van der Waals surface area contributed by atoms with Crippen LogP contribution in [0, 0.1) is 5.92 Å². The highest BCUT2D eigenvalue weighted by Gasteiger charge is 2.24. The van der Waals surface area contributed by atoms with Gasteiger partial charge in [-0.25, -0.2) is 0 Å². The molecule has 1 aromatic carbocycles. The van der Waals surface area contributed by atoms with Crippen LogP contribution in [0.1, 0.15) is 22.3 Å². The molecule has 1 heterocycles. The number of hydrogen-bond donors (Lipinski definition) is 1. The second-order valence-corrected chi connectivity index (χ2v) is 4.68. The molecule has 3 nitrogen and oxygen atoms in total. The quantitative estimate of drug-likeness (QED) is 0.620. The summed E-state index contributed by atoms with van der Waals surface area (Å²) in [5.74, 6) is 1.04. The van der Waals surface area contributed by atoms with Gasteiger partial charge in [0.2, 0.25) is 0 Å². The average Bonchev–Trinajstić information content (AvgIpc) is 2.95. The number of hydrogen-bond acceptors (Lipinski definition) is 3. The first-order chi connectivity index (χ1) is 8.24. The maximum Gasteiger partial charge on any atom is 0.169 e. The molecule has 1 aliphatic carbocycles. The Labute approximate surface area is 100 Å². The maximum absolute atomic E-state index is 12.2. The summed E-state index contributed by atoms with van der Waals surface area (Å²) < 4.78 is 5.43. The average molecular weight is 229 g/mol. The first-order valence-electron chi connectivity index (χ1n) is 5.98. The molecule has 0 amide bonds. The van der Waals surface area contributed by atoms with Crippen molar-refractivity contribution in [2.45, 2.75) is 18.9 Å². The Kier molecular flexibility index (Phi) is 2.48. The lowest BCUT2D eigenvalue weighted by Gasteiger charge is -2.09. The summed E-state index contributed by atoms with van der Waals surface area (Å²) in [6.45, 7) is 0.723. The minimum Gasteiger partial charge on any atom is -0.493 e. The van der Waals surface area contributed by atoms with Crippen molar-refractivity contribution in [2.24, 2.45) is 11.7 Å². The summed E-state index contributed by atoms with van der Waals surface area (Å²) in [6.07, 6.45) is 5.47. The molecule has 0 fully saturated rings. The summed E-state index contributed by atoms with van der Waals surface area (Å²) >= 11 is 0. The molecule has 3 heteroatoms. The largest absolute Gasteiger partial charge is 0.493 e. The van der Waals surface area contributed by atoms with Gasteiger partial charge in [0.25, 0.3) is 0 Å². The van der Waals surface area contributed by atoms with Gasteiger partial charge < -0.3 is 10.5 Å². The smallest absolute Gasteiger partial charge is 0.169 e. The summed E-state index contributed by atoms with van der Waals surface area (Å²) in [5.41, 5.74) is 7.69. The van der Waals surface area contributed by atoms with Gasteiger partial charge in [-0.1, -0.05) is 12.2 Å². The van der Waals surface area contributed by atoms with Crippen LogP contribution in [-0.2, 0) is 6.42 Å². The minimum absolute atomic E-state index is 0.0294. The van der Waals surface area contributed by atoms with E-state index >= 15 is 0 Å². The Morgan fingerprint density at radius 3 is 3.00 bits per heavy atom. The molecule has 3 rings (SSSR count). The molecule has 0 saturated heterocycles. The lowest BCUT2D eigenvalue weighted by Crippen LogP contribution is -2.19. The molecule has 17 heavy (non-hydrogen) atoms. The molecular weight excluding hydrogens is 214 g/mol. The number of Topliss-reactive ketones (excluding diaryl/α,β-unsaturated/α-hetero) is 1. The van der Waals surface area contributed by atoms with Crippen LogP contribution < -0.4 is 10.5 Å². The van der Waals surface area contributed by atoms with E-state index in [4.69, 9.17) is 10.5 Å². The van der Waals surface area contributed by atoms with Crippen molar-refractivity contribution < 1.29 is 9.53 Å². The Bertz CT molecular complexity index is 493. The Balaban J connectivity index is 1.85. The topological polar surface area (TPSA) is 52.3 Å². The van der Waals surface area contributed by atoms with Crippen LogP contribution in [0.5, 0.6) is 5.75 Å². The molecule has 1 aromatic rings. The Morgan fingerprint density at radius 2 is 2.24 bits per heavy atom. The first-order valence-corrected chi connectivity index (χ1v) is 5.98. The number of carbonyl (C=O) groups is 1. The van der Waals surface area contributed by atoms with Gasteiger partial charge in [-0.15, -0.1) is 0 Å². The number of fused-ring (bicyclic) bond motifs is 1. The molecule has 2 aliphatic rings. The number of rotatable bonds is 2. The number of benzene rings is 1. The van der Waals surface area contributed by atoms with Crippen molar-refractivity contribution in [1.29, 1.82) is 0 Å². The van der Waals surface area contributed by atoms with E-state index in [2.05, 4.69) is 0 Å². The first kappa shape index (κ1) is 10.5. The van der Waals surface area contributed by atoms with Crippen molar-refractivity contribution in [1.82, 2.24) is 0 Å². The van der Waals surface area contributed by atoms with Gasteiger partial charge >= 0.3 is 0 Å². The van der Waals surface area contributed by atoms with E-state index in [-0.39, 0.29) is 17.7 Å². The molecule has 0 radical (unpaired) electrons. The van der Waals surface area contributed by atoms with E-state index in [1.54, 1.807) is 0 Å². The van der Waals surface area contributed by atoms with E-state index in [0.717, 1.165) is 36.3 Å². The monoisotopic (exact) mass is 229 g/mol. The van der Waals surface area contributed by atoms with Gasteiger partial charge in [-0.3, -0.25) is 4.79 Å². The Morgan fingerprint density at radius 1 is 1.35 bits per heavy atom. The molecule has 2 atom stereocenters. The molecule has 0 aromatic heterocycles. The van der Waals surface area contributed by atoms with Crippen molar-refractivity contribution in [3.05, 3.63) is 41.5 Å². The fourth-order valence-electron chi connectivity index (χ4n) is 2.48. The van der Waals surface area contributed by atoms with Crippen molar-refractivity contribution >= 4 is 5.78 Å². The predicted molar refractivity (Wildman–Crippen MR) is 65.2 cm³/mol. The normalized spacial score (nSPS) is 25.7. The molecule has 0 bridgehead atoms. The summed E-state index contributed by atoms with van der Waals surface area (Å²) in [4.78, 5) is 12.2. The number of carbonyl (C=O) groups excluding carboxylic acids is 1. The van der Waals surface area contributed by atoms with Crippen molar-refractivity contribution in [3.8, 4) is 5.75 Å². The van der Waals surface area contributed by atoms with E-state index in [0.29, 0.717) is 0 Å². The van der Waals surface area contributed by atoms with Crippen LogP contribution in [0.4, 0.5) is 0 Å². The highest BCUT2D eigenvalue weighted by molar-refractivity contribution is 5.99. The van der Waals surface area contributed by atoms with E-state index in [9.17, 15) is 4.79 Å². The molecule has 2 N–H and O–H groups in total. The lowest BCUT2D eigenvalue weighted by atomic mass is 9.95. The third-order valence-corrected chi connectivity index (χ3v) is 3.43. The van der Waals surface area contributed by atoms with Crippen molar-refractivity contribution in [2.75, 3.05) is 6.61 Å². The fraction of sp³-hybridized carbons (Fsp3) is 0.357. The number of allylic oxidation sites excluding steroid dienone is 1. The third-order valence-electron chi connectivity index (χ3n) is 3.43. The number of ether oxygens (including phenoxy) is 1. The summed E-state index contributed by atoms with van der Waals surface area (Å²) in [6, 6.07) is 5.74. The van der Waals surface area contributed by atoms with Crippen LogP contribution in [0.3, 0.4) is 0 Å². The van der Waals surface area contributed by atoms with Gasteiger partial charge in [0.1, 0.15) is 5.75 Å². The minimum atomic E-state index is -0.0506. The highest BCUT2D eigenvalue weighted by atomic mass is 16.5. The second-order valence-electron chi connectivity index (χ2n) is 4.68. The molecule has 2 unspecified atom stereocenters. The third kappa shape index (κ3) is 1.87. The van der Waals surface area contributed by atoms with Gasteiger partial charge in [0.15, 0.2) is 5.78 Å². The van der Waals surface area contributed by atoms with Gasteiger partial charge in [0.05, 0.1) is 6.61 Å². The highest BCUT2D eigenvalue weighted by Crippen LogP contribution is 2.28. The van der Waals surface area contributed by atoms with E-state index in [1.165, 1.54) is 0 Å². The Hall–Kier alpha value is -1.61. The lowest BCUT2D eigenvalue weighted by molar-refractivity contribution is 0.0943.